The Bertz CT molecular complexity index is 888. The second kappa shape index (κ2) is 15.0. The van der Waals surface area contributed by atoms with Gasteiger partial charge in [-0.2, -0.15) is 0 Å². The fraction of sp³-hybridized carbons (Fsp3) is 0.767. The van der Waals surface area contributed by atoms with Crippen LogP contribution in [0, 0.1) is 17.8 Å². The molecular weight excluding hydrogens is 500 g/mol. The van der Waals surface area contributed by atoms with Crippen molar-refractivity contribution in [3.05, 3.63) is 18.2 Å². The number of nitrogens with zero attached hydrogens (tertiary/aromatic N) is 1. The molecule has 1 N–H and O–H groups in total. The molecule has 3 aliphatic rings. The van der Waals surface area contributed by atoms with Gasteiger partial charge in [-0.1, -0.05) is 13.8 Å². The first-order chi connectivity index (χ1) is 19.0. The normalized spacial score (nSPS) is 22.5. The van der Waals surface area contributed by atoms with Gasteiger partial charge in [0, 0.05) is 51.6 Å². The van der Waals surface area contributed by atoms with E-state index >= 15 is 0 Å². The van der Waals surface area contributed by atoms with Crippen LogP contribution in [-0.2, 0) is 14.2 Å². The van der Waals surface area contributed by atoms with Gasteiger partial charge in [-0.3, -0.25) is 0 Å². The molecule has 0 bridgehead atoms. The standard InChI is InChI=1S/C30H48N2O7/c1-21(2)28(38-26-8-9-27(35-4)29(17-26)37-13-5-12-34-3)16-22-18-31-19-23(22)20-32(24-6-7-24)30(33)39-25-10-14-36-15-11-25/h8-9,17,21-25,28,31H,5-7,10-16,18-20H2,1-4H3/t22-,23-,28-/m0/s1. The molecule has 4 rings (SSSR count). The van der Waals surface area contributed by atoms with Crippen LogP contribution in [0.25, 0.3) is 0 Å². The highest BCUT2D eigenvalue weighted by molar-refractivity contribution is 5.68. The summed E-state index contributed by atoms with van der Waals surface area (Å²) in [4.78, 5) is 15.1. The van der Waals surface area contributed by atoms with Crippen molar-refractivity contribution in [2.24, 2.45) is 17.8 Å². The highest BCUT2D eigenvalue weighted by Crippen LogP contribution is 2.35. The molecule has 0 radical (unpaired) electrons. The van der Waals surface area contributed by atoms with Crippen LogP contribution in [0.4, 0.5) is 4.79 Å². The number of carbonyl (C=O) groups excluding carboxylic acids is 1. The van der Waals surface area contributed by atoms with Gasteiger partial charge in [-0.05, 0) is 62.2 Å². The van der Waals surface area contributed by atoms with E-state index in [0.29, 0.717) is 61.7 Å². The summed E-state index contributed by atoms with van der Waals surface area (Å²) in [7, 11) is 3.33. The van der Waals surface area contributed by atoms with Crippen LogP contribution >= 0.6 is 0 Å². The minimum absolute atomic E-state index is 0.0259. The minimum atomic E-state index is -0.150. The van der Waals surface area contributed by atoms with Crippen molar-refractivity contribution >= 4 is 6.09 Å². The Hall–Kier alpha value is -2.23. The summed E-state index contributed by atoms with van der Waals surface area (Å²) in [6.07, 6.45) is 5.29. The fourth-order valence-corrected chi connectivity index (χ4v) is 5.45. The maximum atomic E-state index is 13.1. The lowest BCUT2D eigenvalue weighted by Gasteiger charge is -2.32. The highest BCUT2D eigenvalue weighted by atomic mass is 16.6. The van der Waals surface area contributed by atoms with E-state index in [1.807, 2.05) is 23.1 Å². The van der Waals surface area contributed by atoms with Crippen LogP contribution in [0.15, 0.2) is 18.2 Å². The summed E-state index contributed by atoms with van der Waals surface area (Å²) >= 11 is 0. The van der Waals surface area contributed by atoms with Crippen LogP contribution in [0.5, 0.6) is 17.2 Å². The minimum Gasteiger partial charge on any atom is -0.493 e. The highest BCUT2D eigenvalue weighted by Gasteiger charge is 2.39. The zero-order chi connectivity index (χ0) is 27.6. The van der Waals surface area contributed by atoms with Crippen molar-refractivity contribution in [2.75, 3.05) is 60.3 Å². The van der Waals surface area contributed by atoms with Crippen LogP contribution in [0.3, 0.4) is 0 Å². The molecular formula is C30H48N2O7. The quantitative estimate of drug-likeness (QED) is 0.320. The SMILES string of the molecule is COCCCOc1cc(O[C@@H](C[C@H]2CNC[C@H]2CN(C(=O)OC2CCOCC2)C2CC2)C(C)C)ccc1OC. The molecule has 3 fully saturated rings. The third kappa shape index (κ3) is 8.88. The van der Waals surface area contributed by atoms with Crippen LogP contribution in [0.2, 0.25) is 0 Å². The third-order valence-corrected chi connectivity index (χ3v) is 8.02. The van der Waals surface area contributed by atoms with Gasteiger partial charge in [0.15, 0.2) is 11.5 Å². The zero-order valence-corrected chi connectivity index (χ0v) is 24.2. The molecule has 2 saturated heterocycles. The van der Waals surface area contributed by atoms with Crippen molar-refractivity contribution in [3.8, 4) is 17.2 Å². The van der Waals surface area contributed by atoms with Gasteiger partial charge in [0.05, 0.1) is 26.9 Å². The molecule has 1 saturated carbocycles. The Balaban J connectivity index is 1.36. The molecule has 39 heavy (non-hydrogen) atoms. The lowest BCUT2D eigenvalue weighted by molar-refractivity contribution is -0.0129. The van der Waals surface area contributed by atoms with Gasteiger partial charge in [0.2, 0.25) is 0 Å². The Morgan fingerprint density at radius 2 is 1.82 bits per heavy atom. The molecule has 220 valence electrons. The number of amides is 1. The molecule has 2 heterocycles. The summed E-state index contributed by atoms with van der Waals surface area (Å²) in [5.41, 5.74) is 0. The fourth-order valence-electron chi connectivity index (χ4n) is 5.45. The number of methoxy groups -OCH3 is 2. The van der Waals surface area contributed by atoms with Gasteiger partial charge >= 0.3 is 6.09 Å². The van der Waals surface area contributed by atoms with Crippen molar-refractivity contribution in [1.82, 2.24) is 10.2 Å². The lowest BCUT2D eigenvalue weighted by Crippen LogP contribution is -2.42. The Morgan fingerprint density at radius 1 is 1.05 bits per heavy atom. The molecule has 9 heteroatoms. The van der Waals surface area contributed by atoms with Crippen molar-refractivity contribution < 1.29 is 33.2 Å². The largest absolute Gasteiger partial charge is 0.493 e. The van der Waals surface area contributed by atoms with Crippen LogP contribution in [0.1, 0.15) is 52.4 Å². The molecule has 1 aromatic rings. The van der Waals surface area contributed by atoms with Crippen molar-refractivity contribution in [3.63, 3.8) is 0 Å². The first kappa shape index (κ1) is 29.7. The number of rotatable bonds is 15. The Morgan fingerprint density at radius 3 is 2.51 bits per heavy atom. The number of benzene rings is 1. The number of hydrogen-bond donors (Lipinski definition) is 1. The van der Waals surface area contributed by atoms with E-state index in [1.165, 1.54) is 0 Å². The van der Waals surface area contributed by atoms with E-state index in [1.54, 1.807) is 14.2 Å². The summed E-state index contributed by atoms with van der Waals surface area (Å²) in [6, 6.07) is 6.08. The Kier molecular flexibility index (Phi) is 11.4. The maximum Gasteiger partial charge on any atom is 0.410 e. The second-order valence-electron chi connectivity index (χ2n) is 11.4. The predicted molar refractivity (Wildman–Crippen MR) is 149 cm³/mol. The first-order valence-electron chi connectivity index (χ1n) is 14.7. The molecule has 1 aromatic carbocycles. The van der Waals surface area contributed by atoms with Crippen LogP contribution in [-0.4, -0.2) is 89.5 Å². The van der Waals surface area contributed by atoms with E-state index in [2.05, 4.69) is 19.2 Å². The van der Waals surface area contributed by atoms with E-state index in [9.17, 15) is 4.79 Å². The smallest absolute Gasteiger partial charge is 0.410 e. The van der Waals surface area contributed by atoms with Crippen LogP contribution < -0.4 is 19.5 Å². The second-order valence-corrected chi connectivity index (χ2v) is 11.4. The van der Waals surface area contributed by atoms with E-state index in [4.69, 9.17) is 28.4 Å². The maximum absolute atomic E-state index is 13.1. The average molecular weight is 549 g/mol. The lowest BCUT2D eigenvalue weighted by atomic mass is 9.87. The molecule has 3 atom stereocenters. The topological polar surface area (TPSA) is 87.7 Å². The first-order valence-corrected chi connectivity index (χ1v) is 14.7. The summed E-state index contributed by atoms with van der Waals surface area (Å²) < 4.78 is 34.5. The summed E-state index contributed by atoms with van der Waals surface area (Å²) in [5, 5.41) is 3.58. The van der Waals surface area contributed by atoms with Gasteiger partial charge in [0.25, 0.3) is 0 Å². The van der Waals surface area contributed by atoms with E-state index in [0.717, 1.165) is 63.9 Å². The van der Waals surface area contributed by atoms with Crippen molar-refractivity contribution in [1.29, 1.82) is 0 Å². The monoisotopic (exact) mass is 548 g/mol. The molecule has 1 aliphatic carbocycles. The predicted octanol–water partition coefficient (Wildman–Crippen LogP) is 4.52. The van der Waals surface area contributed by atoms with Crippen molar-refractivity contribution in [2.45, 2.75) is 70.6 Å². The molecule has 0 aromatic heterocycles. The number of ether oxygens (including phenoxy) is 6. The molecule has 0 spiro atoms. The zero-order valence-electron chi connectivity index (χ0n) is 24.2. The molecule has 9 nitrogen and oxygen atoms in total. The van der Waals surface area contributed by atoms with Gasteiger partial charge in [-0.25, -0.2) is 4.79 Å². The van der Waals surface area contributed by atoms with E-state index < -0.39 is 0 Å². The summed E-state index contributed by atoms with van der Waals surface area (Å²) in [5.74, 6) is 3.26. The number of hydrogen-bond acceptors (Lipinski definition) is 8. The van der Waals surface area contributed by atoms with Gasteiger partial charge in [-0.15, -0.1) is 0 Å². The van der Waals surface area contributed by atoms with Gasteiger partial charge < -0.3 is 38.6 Å². The average Bonchev–Trinajstić information content (AvgIpc) is 3.69. The van der Waals surface area contributed by atoms with E-state index in [-0.39, 0.29) is 18.3 Å². The number of nitrogens with one attached hydrogen (secondary N) is 1. The van der Waals surface area contributed by atoms with Gasteiger partial charge in [0.1, 0.15) is 18.0 Å². The molecule has 2 aliphatic heterocycles. The Labute approximate surface area is 233 Å². The summed E-state index contributed by atoms with van der Waals surface area (Å²) in [6.45, 7) is 9.51. The number of carbonyl (C=O) groups is 1. The molecule has 1 amide bonds. The molecule has 0 unspecified atom stereocenters. The third-order valence-electron chi connectivity index (χ3n) is 8.02.